The highest BCUT2D eigenvalue weighted by Gasteiger charge is 2.46. The number of nitrogens with zero attached hydrogens (tertiary/aromatic N) is 1. The van der Waals surface area contributed by atoms with Crippen molar-refractivity contribution in [3.05, 3.63) is 29.8 Å². The van der Waals surface area contributed by atoms with Gasteiger partial charge in [0.1, 0.15) is 17.3 Å². The van der Waals surface area contributed by atoms with Gasteiger partial charge in [-0.25, -0.2) is 8.78 Å². The van der Waals surface area contributed by atoms with Crippen LogP contribution < -0.4 is 10.2 Å². The molecule has 1 saturated heterocycles. The SMILES string of the molecule is Fc1cccc(F)c1N1CCNC2(CC2)C1. The lowest BCUT2D eigenvalue weighted by Gasteiger charge is -2.35. The number of benzene rings is 1. The molecule has 3 rings (SSSR count). The summed E-state index contributed by atoms with van der Waals surface area (Å²) in [5, 5.41) is 3.42. The highest BCUT2D eigenvalue weighted by molar-refractivity contribution is 5.50. The maximum Gasteiger partial charge on any atom is 0.149 e. The smallest absolute Gasteiger partial charge is 0.149 e. The van der Waals surface area contributed by atoms with Crippen molar-refractivity contribution in [2.75, 3.05) is 24.5 Å². The first-order valence-electron chi connectivity index (χ1n) is 5.64. The summed E-state index contributed by atoms with van der Waals surface area (Å²) < 4.78 is 27.2. The summed E-state index contributed by atoms with van der Waals surface area (Å²) in [7, 11) is 0. The van der Waals surface area contributed by atoms with Crippen LogP contribution in [0.3, 0.4) is 0 Å². The molecule has 1 N–H and O–H groups in total. The van der Waals surface area contributed by atoms with Crippen molar-refractivity contribution in [2.45, 2.75) is 18.4 Å². The second-order valence-corrected chi connectivity index (χ2v) is 4.70. The van der Waals surface area contributed by atoms with Crippen molar-refractivity contribution < 1.29 is 8.78 Å². The molecule has 4 heteroatoms. The molecule has 1 aromatic carbocycles. The monoisotopic (exact) mass is 224 g/mol. The normalized spacial score (nSPS) is 22.5. The Morgan fingerprint density at radius 1 is 1.19 bits per heavy atom. The molecule has 0 amide bonds. The Labute approximate surface area is 93.3 Å². The Kier molecular flexibility index (Phi) is 2.14. The molecule has 1 aromatic rings. The van der Waals surface area contributed by atoms with Gasteiger partial charge >= 0.3 is 0 Å². The van der Waals surface area contributed by atoms with Crippen LogP contribution in [0.15, 0.2) is 18.2 Å². The molecule has 1 aliphatic carbocycles. The third-order valence-electron chi connectivity index (χ3n) is 3.48. The fourth-order valence-corrected chi connectivity index (χ4v) is 2.42. The zero-order valence-corrected chi connectivity index (χ0v) is 8.97. The van der Waals surface area contributed by atoms with Crippen LogP contribution >= 0.6 is 0 Å². The van der Waals surface area contributed by atoms with Gasteiger partial charge in [0.15, 0.2) is 0 Å². The molecule has 1 aliphatic heterocycles. The minimum atomic E-state index is -0.460. The number of hydrogen-bond donors (Lipinski definition) is 1. The summed E-state index contributed by atoms with van der Waals surface area (Å²) in [6.45, 7) is 2.18. The Bertz CT molecular complexity index is 395. The summed E-state index contributed by atoms with van der Waals surface area (Å²) in [5.41, 5.74) is 0.266. The zero-order valence-electron chi connectivity index (χ0n) is 8.97. The molecule has 86 valence electrons. The minimum Gasteiger partial charge on any atom is -0.364 e. The van der Waals surface area contributed by atoms with Crippen molar-refractivity contribution in [3.63, 3.8) is 0 Å². The lowest BCUT2D eigenvalue weighted by atomic mass is 10.1. The van der Waals surface area contributed by atoms with Gasteiger partial charge in [-0.15, -0.1) is 0 Å². The number of hydrogen-bond acceptors (Lipinski definition) is 2. The quantitative estimate of drug-likeness (QED) is 0.784. The van der Waals surface area contributed by atoms with Crippen LogP contribution in [0.5, 0.6) is 0 Å². The summed E-state index contributed by atoms with van der Waals surface area (Å²) in [4.78, 5) is 1.83. The van der Waals surface area contributed by atoms with Crippen LogP contribution in [0.25, 0.3) is 0 Å². The molecule has 16 heavy (non-hydrogen) atoms. The molecule has 1 spiro atoms. The zero-order chi connectivity index (χ0) is 11.2. The van der Waals surface area contributed by atoms with E-state index in [0.717, 1.165) is 19.4 Å². The number of rotatable bonds is 1. The van der Waals surface area contributed by atoms with Crippen LogP contribution in [0.2, 0.25) is 0 Å². The number of para-hydroxylation sites is 1. The van der Waals surface area contributed by atoms with Crippen molar-refractivity contribution in [2.24, 2.45) is 0 Å². The second-order valence-electron chi connectivity index (χ2n) is 4.70. The number of nitrogens with one attached hydrogen (secondary N) is 1. The summed E-state index contributed by atoms with van der Waals surface area (Å²) in [6.07, 6.45) is 2.22. The van der Waals surface area contributed by atoms with E-state index in [2.05, 4.69) is 5.32 Å². The maximum atomic E-state index is 13.6. The molecule has 2 aliphatic rings. The van der Waals surface area contributed by atoms with Crippen molar-refractivity contribution >= 4 is 5.69 Å². The summed E-state index contributed by atoms with van der Waals surface area (Å²) in [5.74, 6) is -0.921. The lowest BCUT2D eigenvalue weighted by Crippen LogP contribution is -2.53. The molecular formula is C12H14F2N2. The van der Waals surface area contributed by atoms with Gasteiger partial charge in [0.05, 0.1) is 0 Å². The fraction of sp³-hybridized carbons (Fsp3) is 0.500. The third kappa shape index (κ3) is 1.57. The van der Waals surface area contributed by atoms with E-state index in [9.17, 15) is 8.78 Å². The fourth-order valence-electron chi connectivity index (χ4n) is 2.42. The van der Waals surface area contributed by atoms with E-state index in [1.54, 1.807) is 0 Å². The molecule has 0 bridgehead atoms. The van der Waals surface area contributed by atoms with Gasteiger partial charge < -0.3 is 10.2 Å². The Morgan fingerprint density at radius 3 is 2.50 bits per heavy atom. The van der Waals surface area contributed by atoms with Gasteiger partial charge in [-0.3, -0.25) is 0 Å². The molecule has 0 aromatic heterocycles. The number of anilines is 1. The lowest BCUT2D eigenvalue weighted by molar-refractivity contribution is 0.432. The molecular weight excluding hydrogens is 210 g/mol. The van der Waals surface area contributed by atoms with Gasteiger partial charge in [0.25, 0.3) is 0 Å². The van der Waals surface area contributed by atoms with E-state index in [-0.39, 0.29) is 11.2 Å². The van der Waals surface area contributed by atoms with Crippen molar-refractivity contribution in [1.82, 2.24) is 5.32 Å². The van der Waals surface area contributed by atoms with E-state index in [1.807, 2.05) is 4.90 Å². The first-order chi connectivity index (χ1) is 7.70. The Morgan fingerprint density at radius 2 is 1.88 bits per heavy atom. The van der Waals surface area contributed by atoms with Crippen LogP contribution in [0, 0.1) is 11.6 Å². The topological polar surface area (TPSA) is 15.3 Å². The molecule has 0 radical (unpaired) electrons. The van der Waals surface area contributed by atoms with Gasteiger partial charge in [-0.2, -0.15) is 0 Å². The molecule has 2 fully saturated rings. The van der Waals surface area contributed by atoms with Gasteiger partial charge in [0.2, 0.25) is 0 Å². The van der Waals surface area contributed by atoms with Crippen LogP contribution in [-0.4, -0.2) is 25.2 Å². The molecule has 1 heterocycles. The average Bonchev–Trinajstić information content (AvgIpc) is 2.97. The minimum absolute atomic E-state index is 0.132. The number of piperazine rings is 1. The first kappa shape index (κ1) is 10.0. The third-order valence-corrected chi connectivity index (χ3v) is 3.48. The van der Waals surface area contributed by atoms with E-state index >= 15 is 0 Å². The maximum absolute atomic E-state index is 13.6. The van der Waals surface area contributed by atoms with Crippen LogP contribution in [0.1, 0.15) is 12.8 Å². The van der Waals surface area contributed by atoms with Crippen LogP contribution in [-0.2, 0) is 0 Å². The second kappa shape index (κ2) is 3.42. The first-order valence-corrected chi connectivity index (χ1v) is 5.64. The predicted octanol–water partition coefficient (Wildman–Crippen LogP) is 1.91. The van der Waals surface area contributed by atoms with E-state index in [1.165, 1.54) is 18.2 Å². The van der Waals surface area contributed by atoms with Gasteiger partial charge in [0, 0.05) is 25.2 Å². The van der Waals surface area contributed by atoms with E-state index < -0.39 is 11.6 Å². The molecule has 0 unspecified atom stereocenters. The standard InChI is InChI=1S/C12H14F2N2/c13-9-2-1-3-10(14)11(9)16-7-6-15-12(8-16)4-5-12/h1-3,15H,4-8H2. The van der Waals surface area contributed by atoms with Crippen LogP contribution in [0.4, 0.5) is 14.5 Å². The van der Waals surface area contributed by atoms with E-state index in [4.69, 9.17) is 0 Å². The largest absolute Gasteiger partial charge is 0.364 e. The number of halogens is 2. The highest BCUT2D eigenvalue weighted by atomic mass is 19.1. The molecule has 2 nitrogen and oxygen atoms in total. The predicted molar refractivity (Wildman–Crippen MR) is 58.5 cm³/mol. The Balaban J connectivity index is 1.91. The van der Waals surface area contributed by atoms with Gasteiger partial charge in [-0.05, 0) is 25.0 Å². The summed E-state index contributed by atoms with van der Waals surface area (Å²) in [6, 6.07) is 4.04. The average molecular weight is 224 g/mol. The highest BCUT2D eigenvalue weighted by Crippen LogP contribution is 2.39. The molecule has 0 atom stereocenters. The summed E-state index contributed by atoms with van der Waals surface area (Å²) >= 11 is 0. The molecule has 1 saturated carbocycles. The van der Waals surface area contributed by atoms with Crippen molar-refractivity contribution in [1.29, 1.82) is 0 Å². The van der Waals surface area contributed by atoms with Crippen molar-refractivity contribution in [3.8, 4) is 0 Å². The Hall–Kier alpha value is -1.16. The van der Waals surface area contributed by atoms with E-state index in [0.29, 0.717) is 13.1 Å². The van der Waals surface area contributed by atoms with Gasteiger partial charge in [-0.1, -0.05) is 6.07 Å².